The number of hydrogen-bond donors (Lipinski definition) is 1. The average molecular weight is 575 g/mol. The number of hydrogen-bond acceptors (Lipinski definition) is 6. The lowest BCUT2D eigenvalue weighted by molar-refractivity contribution is -0.113. The van der Waals surface area contributed by atoms with Gasteiger partial charge in [-0.3, -0.25) is 9.59 Å². The van der Waals surface area contributed by atoms with Gasteiger partial charge in [-0.15, -0.1) is 0 Å². The molecule has 1 aliphatic rings. The predicted octanol–water partition coefficient (Wildman–Crippen LogP) is 6.63. The SMILES string of the molecule is COc1cc(/C=C2/SC(=O)N(c3cccc(Cl)c3)C2=O)cc(Br)c1OCc1ccc(C(=O)O)cc1. The van der Waals surface area contributed by atoms with Crippen molar-refractivity contribution >= 4 is 68.2 Å². The molecule has 4 rings (SSSR count). The van der Waals surface area contributed by atoms with Gasteiger partial charge in [0.25, 0.3) is 11.1 Å². The molecule has 10 heteroatoms. The number of rotatable bonds is 7. The number of ether oxygens (including phenoxy) is 2. The Hall–Kier alpha value is -3.27. The number of amides is 2. The fraction of sp³-hybridized carbons (Fsp3) is 0.0800. The Kier molecular flexibility index (Phi) is 7.49. The molecule has 2 amide bonds. The molecule has 0 saturated carbocycles. The van der Waals surface area contributed by atoms with E-state index in [1.165, 1.54) is 19.2 Å². The summed E-state index contributed by atoms with van der Waals surface area (Å²) in [6, 6.07) is 16.3. The standard InChI is InChI=1S/C25H17BrClNO6S/c1-33-20-10-15(9-19(26)22(20)34-13-14-5-7-16(8-6-14)24(30)31)11-21-23(29)28(25(32)35-21)18-4-2-3-17(27)12-18/h2-12H,13H2,1H3,(H,30,31)/b21-11+. The van der Waals surface area contributed by atoms with Gasteiger partial charge in [0.05, 0.1) is 27.7 Å². The number of benzene rings is 3. The smallest absolute Gasteiger partial charge is 0.335 e. The van der Waals surface area contributed by atoms with Crippen LogP contribution in [-0.4, -0.2) is 29.3 Å². The summed E-state index contributed by atoms with van der Waals surface area (Å²) >= 11 is 10.3. The van der Waals surface area contributed by atoms with Crippen molar-refractivity contribution in [3.63, 3.8) is 0 Å². The second-order valence-electron chi connectivity index (χ2n) is 7.32. The summed E-state index contributed by atoms with van der Waals surface area (Å²) in [6.07, 6.45) is 1.61. The normalized spacial score (nSPS) is 14.5. The summed E-state index contributed by atoms with van der Waals surface area (Å²) in [4.78, 5) is 37.8. The maximum absolute atomic E-state index is 12.9. The van der Waals surface area contributed by atoms with E-state index in [2.05, 4.69) is 15.9 Å². The van der Waals surface area contributed by atoms with Crippen LogP contribution in [0.3, 0.4) is 0 Å². The molecule has 3 aromatic carbocycles. The number of carbonyl (C=O) groups is 3. The number of carboxylic acids is 1. The van der Waals surface area contributed by atoms with Crippen molar-refractivity contribution in [2.45, 2.75) is 6.61 Å². The van der Waals surface area contributed by atoms with Crippen LogP contribution in [0.1, 0.15) is 21.5 Å². The Bertz CT molecular complexity index is 1360. The van der Waals surface area contributed by atoms with Crippen molar-refractivity contribution in [3.05, 3.63) is 91.8 Å². The first kappa shape index (κ1) is 24.8. The summed E-state index contributed by atoms with van der Waals surface area (Å²) in [5.41, 5.74) is 2.00. The van der Waals surface area contributed by atoms with Gasteiger partial charge < -0.3 is 14.6 Å². The van der Waals surface area contributed by atoms with Crippen molar-refractivity contribution in [1.29, 1.82) is 0 Å². The van der Waals surface area contributed by atoms with Gasteiger partial charge in [0.2, 0.25) is 0 Å². The molecular formula is C25H17BrClNO6S. The number of nitrogens with zero attached hydrogens (tertiary/aromatic N) is 1. The monoisotopic (exact) mass is 573 g/mol. The lowest BCUT2D eigenvalue weighted by atomic mass is 10.1. The number of thioether (sulfide) groups is 1. The molecule has 0 atom stereocenters. The van der Waals surface area contributed by atoms with E-state index in [0.717, 1.165) is 22.2 Å². The Labute approximate surface area is 218 Å². The summed E-state index contributed by atoms with van der Waals surface area (Å²) < 4.78 is 12.0. The summed E-state index contributed by atoms with van der Waals surface area (Å²) in [5, 5.41) is 9.03. The van der Waals surface area contributed by atoms with E-state index in [-0.39, 0.29) is 17.1 Å². The average Bonchev–Trinajstić information content (AvgIpc) is 3.10. The summed E-state index contributed by atoms with van der Waals surface area (Å²) in [5.74, 6) is -0.578. The highest BCUT2D eigenvalue weighted by atomic mass is 79.9. The molecule has 35 heavy (non-hydrogen) atoms. The number of aromatic carboxylic acids is 1. The second-order valence-corrected chi connectivity index (χ2v) is 9.61. The Morgan fingerprint density at radius 1 is 1.14 bits per heavy atom. The Balaban J connectivity index is 1.55. The van der Waals surface area contributed by atoms with E-state index in [4.69, 9.17) is 26.2 Å². The molecule has 0 aromatic heterocycles. The van der Waals surface area contributed by atoms with Crippen molar-refractivity contribution in [2.75, 3.05) is 12.0 Å². The molecule has 7 nitrogen and oxygen atoms in total. The molecule has 1 heterocycles. The van der Waals surface area contributed by atoms with E-state index in [1.54, 1.807) is 54.6 Å². The molecular weight excluding hydrogens is 558 g/mol. The molecule has 3 aromatic rings. The number of methoxy groups -OCH3 is 1. The van der Waals surface area contributed by atoms with Crippen molar-refractivity contribution in [1.82, 2.24) is 0 Å². The number of anilines is 1. The summed E-state index contributed by atoms with van der Waals surface area (Å²) in [6.45, 7) is 0.187. The molecule has 1 aliphatic heterocycles. The van der Waals surface area contributed by atoms with Crippen LogP contribution in [0.2, 0.25) is 5.02 Å². The lowest BCUT2D eigenvalue weighted by Gasteiger charge is -2.14. The predicted molar refractivity (Wildman–Crippen MR) is 138 cm³/mol. The third kappa shape index (κ3) is 5.53. The van der Waals surface area contributed by atoms with Gasteiger partial charge in [-0.05, 0) is 87.4 Å². The van der Waals surface area contributed by atoms with Gasteiger partial charge >= 0.3 is 5.97 Å². The minimum atomic E-state index is -0.997. The van der Waals surface area contributed by atoms with E-state index >= 15 is 0 Å². The maximum atomic E-state index is 12.9. The van der Waals surface area contributed by atoms with Gasteiger partial charge in [0.15, 0.2) is 11.5 Å². The zero-order valence-electron chi connectivity index (χ0n) is 18.2. The first-order valence-corrected chi connectivity index (χ1v) is 12.1. The largest absolute Gasteiger partial charge is 0.493 e. The number of carboxylic acid groups (broad SMARTS) is 1. The first-order chi connectivity index (χ1) is 16.8. The van der Waals surface area contributed by atoms with Crippen LogP contribution in [0.25, 0.3) is 6.08 Å². The molecule has 0 spiro atoms. The van der Waals surface area contributed by atoms with Crippen LogP contribution >= 0.6 is 39.3 Å². The maximum Gasteiger partial charge on any atom is 0.335 e. The van der Waals surface area contributed by atoms with Crippen molar-refractivity contribution in [2.24, 2.45) is 0 Å². The van der Waals surface area contributed by atoms with Crippen LogP contribution in [0.15, 0.2) is 70.0 Å². The molecule has 0 bridgehead atoms. The third-order valence-corrected chi connectivity index (χ3v) is 6.69. The van der Waals surface area contributed by atoms with E-state index in [9.17, 15) is 14.4 Å². The van der Waals surface area contributed by atoms with Crippen molar-refractivity contribution in [3.8, 4) is 11.5 Å². The highest BCUT2D eigenvalue weighted by Gasteiger charge is 2.36. The zero-order valence-corrected chi connectivity index (χ0v) is 21.3. The van der Waals surface area contributed by atoms with Gasteiger partial charge in [-0.2, -0.15) is 0 Å². The highest BCUT2D eigenvalue weighted by molar-refractivity contribution is 9.10. The van der Waals surface area contributed by atoms with E-state index in [0.29, 0.717) is 32.2 Å². The van der Waals surface area contributed by atoms with Crippen LogP contribution < -0.4 is 14.4 Å². The topological polar surface area (TPSA) is 93.1 Å². The van der Waals surface area contributed by atoms with Gasteiger partial charge in [0.1, 0.15) is 6.61 Å². The Morgan fingerprint density at radius 2 is 1.89 bits per heavy atom. The molecule has 0 unspecified atom stereocenters. The molecule has 1 saturated heterocycles. The lowest BCUT2D eigenvalue weighted by Crippen LogP contribution is -2.27. The number of imide groups is 1. The van der Waals surface area contributed by atoms with E-state index in [1.807, 2.05) is 0 Å². The minimum Gasteiger partial charge on any atom is -0.493 e. The highest BCUT2D eigenvalue weighted by Crippen LogP contribution is 2.40. The Morgan fingerprint density at radius 3 is 2.54 bits per heavy atom. The van der Waals surface area contributed by atoms with Gasteiger partial charge in [-0.25, -0.2) is 9.69 Å². The molecule has 1 N–H and O–H groups in total. The molecule has 0 aliphatic carbocycles. The third-order valence-electron chi connectivity index (χ3n) is 4.99. The number of halogens is 2. The molecule has 178 valence electrons. The zero-order chi connectivity index (χ0) is 25.1. The van der Waals surface area contributed by atoms with Crippen LogP contribution in [0.5, 0.6) is 11.5 Å². The second kappa shape index (κ2) is 10.6. The van der Waals surface area contributed by atoms with Crippen molar-refractivity contribution < 1.29 is 29.0 Å². The molecule has 1 fully saturated rings. The van der Waals surface area contributed by atoms with Crippen LogP contribution in [0.4, 0.5) is 10.5 Å². The van der Waals surface area contributed by atoms with Crippen LogP contribution in [-0.2, 0) is 11.4 Å². The minimum absolute atomic E-state index is 0.187. The fourth-order valence-electron chi connectivity index (χ4n) is 3.32. The van der Waals surface area contributed by atoms with Gasteiger partial charge in [0, 0.05) is 5.02 Å². The first-order valence-electron chi connectivity index (χ1n) is 10.1. The van der Waals surface area contributed by atoms with Gasteiger partial charge in [-0.1, -0.05) is 29.8 Å². The van der Waals surface area contributed by atoms with Crippen LogP contribution in [0, 0.1) is 0 Å². The quantitative estimate of drug-likeness (QED) is 0.317. The number of carbonyl (C=O) groups excluding carboxylic acids is 2. The van der Waals surface area contributed by atoms with E-state index < -0.39 is 17.1 Å². The summed E-state index contributed by atoms with van der Waals surface area (Å²) in [7, 11) is 1.49. The fourth-order valence-corrected chi connectivity index (χ4v) is 4.92. The molecule has 0 radical (unpaired) electrons.